The highest BCUT2D eigenvalue weighted by Crippen LogP contribution is 2.21. The lowest BCUT2D eigenvalue weighted by Crippen LogP contribution is -2.37. The minimum atomic E-state index is -2.92. The Bertz CT molecular complexity index is 561. The molecule has 20 heavy (non-hydrogen) atoms. The van der Waals surface area contributed by atoms with Crippen LogP contribution in [0, 0.1) is 0 Å². The van der Waals surface area contributed by atoms with Crippen molar-refractivity contribution in [2.45, 2.75) is 39.3 Å². The van der Waals surface area contributed by atoms with Gasteiger partial charge in [-0.15, -0.1) is 5.10 Å². The zero-order valence-electron chi connectivity index (χ0n) is 12.1. The van der Waals surface area contributed by atoms with Gasteiger partial charge in [-0.05, 0) is 27.2 Å². The van der Waals surface area contributed by atoms with Crippen molar-refractivity contribution in [1.29, 1.82) is 0 Å². The molecule has 0 bridgehead atoms. The molecular formula is C12H21N5O2S. The van der Waals surface area contributed by atoms with E-state index in [2.05, 4.69) is 20.5 Å². The molecule has 1 unspecified atom stereocenters. The molecule has 1 aliphatic rings. The van der Waals surface area contributed by atoms with Gasteiger partial charge in [0.15, 0.2) is 15.7 Å². The number of sulfone groups is 1. The summed E-state index contributed by atoms with van der Waals surface area (Å²) in [7, 11) is -2.92. The first-order valence-electron chi connectivity index (χ1n) is 6.84. The van der Waals surface area contributed by atoms with Gasteiger partial charge < -0.3 is 10.2 Å². The van der Waals surface area contributed by atoms with Gasteiger partial charge in [-0.2, -0.15) is 10.1 Å². The molecule has 0 radical (unpaired) electrons. The molecule has 2 rings (SSSR count). The fourth-order valence-electron chi connectivity index (χ4n) is 2.37. The highest BCUT2D eigenvalue weighted by Gasteiger charge is 2.33. The van der Waals surface area contributed by atoms with Gasteiger partial charge in [0.1, 0.15) is 0 Å². The lowest BCUT2D eigenvalue weighted by atomic mass is 10.2. The van der Waals surface area contributed by atoms with E-state index < -0.39 is 9.84 Å². The van der Waals surface area contributed by atoms with Crippen LogP contribution in [0.3, 0.4) is 0 Å². The predicted octanol–water partition coefficient (Wildman–Crippen LogP) is 0.705. The molecule has 0 aliphatic carbocycles. The van der Waals surface area contributed by atoms with Crippen molar-refractivity contribution < 1.29 is 8.42 Å². The number of hydrogen-bond donors (Lipinski definition) is 1. The highest BCUT2D eigenvalue weighted by atomic mass is 32.2. The Labute approximate surface area is 119 Å². The molecular weight excluding hydrogens is 278 g/mol. The molecule has 1 aromatic heterocycles. The van der Waals surface area contributed by atoms with E-state index >= 15 is 0 Å². The summed E-state index contributed by atoms with van der Waals surface area (Å²) in [6.45, 7) is 6.66. The van der Waals surface area contributed by atoms with Crippen molar-refractivity contribution in [3.8, 4) is 0 Å². The van der Waals surface area contributed by atoms with E-state index in [-0.39, 0.29) is 23.6 Å². The zero-order valence-corrected chi connectivity index (χ0v) is 12.9. The molecule has 1 aliphatic heterocycles. The molecule has 1 saturated heterocycles. The van der Waals surface area contributed by atoms with Crippen LogP contribution in [0.1, 0.15) is 27.2 Å². The van der Waals surface area contributed by atoms with Gasteiger partial charge in [-0.25, -0.2) is 8.42 Å². The fraction of sp³-hybridized carbons (Fsp3) is 0.750. The lowest BCUT2D eigenvalue weighted by molar-refractivity contribution is 0.598. The summed E-state index contributed by atoms with van der Waals surface area (Å²) in [5, 5.41) is 11.2. The van der Waals surface area contributed by atoms with E-state index in [9.17, 15) is 8.42 Å². The smallest absolute Gasteiger partial charge is 0.247 e. The Morgan fingerprint density at radius 1 is 1.50 bits per heavy atom. The van der Waals surface area contributed by atoms with Crippen molar-refractivity contribution in [2.24, 2.45) is 0 Å². The average molecular weight is 299 g/mol. The van der Waals surface area contributed by atoms with Gasteiger partial charge in [-0.3, -0.25) is 0 Å². The molecule has 112 valence electrons. The number of nitrogens with one attached hydrogen (secondary N) is 1. The minimum Gasteiger partial charge on any atom is -0.366 e. The van der Waals surface area contributed by atoms with Crippen LogP contribution in [-0.4, -0.2) is 53.7 Å². The van der Waals surface area contributed by atoms with Gasteiger partial charge in [-0.1, -0.05) is 0 Å². The van der Waals surface area contributed by atoms with Crippen LogP contribution in [0.25, 0.3) is 0 Å². The van der Waals surface area contributed by atoms with Crippen molar-refractivity contribution in [3.05, 3.63) is 6.20 Å². The van der Waals surface area contributed by atoms with E-state index in [0.29, 0.717) is 24.7 Å². The largest absolute Gasteiger partial charge is 0.366 e. The van der Waals surface area contributed by atoms with E-state index in [4.69, 9.17) is 0 Å². The second-order valence-corrected chi connectivity index (χ2v) is 7.51. The van der Waals surface area contributed by atoms with Crippen LogP contribution in [0.2, 0.25) is 0 Å². The van der Waals surface area contributed by atoms with Crippen LogP contribution in [0.4, 0.5) is 11.8 Å². The van der Waals surface area contributed by atoms with Crippen LogP contribution >= 0.6 is 0 Å². The highest BCUT2D eigenvalue weighted by molar-refractivity contribution is 7.91. The van der Waals surface area contributed by atoms with Crippen molar-refractivity contribution in [3.63, 3.8) is 0 Å². The number of anilines is 2. The van der Waals surface area contributed by atoms with Gasteiger partial charge in [0.05, 0.1) is 17.7 Å². The molecule has 0 spiro atoms. The molecule has 1 atom stereocenters. The van der Waals surface area contributed by atoms with E-state index in [1.54, 1.807) is 6.20 Å². The Balaban J connectivity index is 2.19. The van der Waals surface area contributed by atoms with Crippen LogP contribution in [0.5, 0.6) is 0 Å². The minimum absolute atomic E-state index is 0.0545. The SMILES string of the molecule is CCN(c1nncc(NC(C)C)n1)C1CCS(=O)(=O)C1. The molecule has 8 heteroatoms. The van der Waals surface area contributed by atoms with Crippen LogP contribution in [-0.2, 0) is 9.84 Å². The zero-order chi connectivity index (χ0) is 14.8. The Kier molecular flexibility index (Phi) is 4.42. The van der Waals surface area contributed by atoms with Crippen LogP contribution in [0.15, 0.2) is 6.20 Å². The molecule has 0 aromatic carbocycles. The first-order valence-corrected chi connectivity index (χ1v) is 8.66. The molecule has 1 N–H and O–H groups in total. The summed E-state index contributed by atoms with van der Waals surface area (Å²) >= 11 is 0. The molecule has 0 amide bonds. The number of rotatable bonds is 5. The fourth-order valence-corrected chi connectivity index (χ4v) is 4.10. The number of hydrogen-bond acceptors (Lipinski definition) is 7. The van der Waals surface area contributed by atoms with Crippen LogP contribution < -0.4 is 10.2 Å². The summed E-state index contributed by atoms with van der Waals surface area (Å²) in [4.78, 5) is 6.34. The summed E-state index contributed by atoms with van der Waals surface area (Å²) in [5.74, 6) is 1.56. The van der Waals surface area contributed by atoms with E-state index in [0.717, 1.165) is 0 Å². The Morgan fingerprint density at radius 2 is 2.25 bits per heavy atom. The summed E-state index contributed by atoms with van der Waals surface area (Å²) < 4.78 is 23.2. The second-order valence-electron chi connectivity index (χ2n) is 5.28. The monoisotopic (exact) mass is 299 g/mol. The van der Waals surface area contributed by atoms with Crippen molar-refractivity contribution in [1.82, 2.24) is 15.2 Å². The Hall–Kier alpha value is -1.44. The number of aromatic nitrogens is 3. The maximum absolute atomic E-state index is 11.6. The van der Waals surface area contributed by atoms with E-state index in [1.165, 1.54) is 0 Å². The topological polar surface area (TPSA) is 88.1 Å². The van der Waals surface area contributed by atoms with Crippen molar-refractivity contribution >= 4 is 21.6 Å². The standard InChI is InChI=1S/C12H21N5O2S/c1-4-17(10-5-6-20(18,19)8-10)12-15-11(7-13-16-12)14-9(2)3/h7,9-10H,4-6,8H2,1-3H3,(H,14,15,16). The summed E-state index contributed by atoms with van der Waals surface area (Å²) in [5.41, 5.74) is 0. The molecule has 2 heterocycles. The summed E-state index contributed by atoms with van der Waals surface area (Å²) in [6.07, 6.45) is 2.20. The lowest BCUT2D eigenvalue weighted by Gasteiger charge is -2.26. The Morgan fingerprint density at radius 3 is 2.80 bits per heavy atom. The third-order valence-corrected chi connectivity index (χ3v) is 4.98. The first kappa shape index (κ1) is 15.0. The van der Waals surface area contributed by atoms with E-state index in [1.807, 2.05) is 25.7 Å². The maximum Gasteiger partial charge on any atom is 0.247 e. The average Bonchev–Trinajstić information content (AvgIpc) is 2.70. The molecule has 1 aromatic rings. The number of nitrogens with zero attached hydrogens (tertiary/aromatic N) is 4. The molecule has 1 fully saturated rings. The van der Waals surface area contributed by atoms with Gasteiger partial charge in [0, 0.05) is 18.6 Å². The normalized spacial score (nSPS) is 21.1. The quantitative estimate of drug-likeness (QED) is 0.856. The second kappa shape index (κ2) is 5.90. The van der Waals surface area contributed by atoms with Gasteiger partial charge >= 0.3 is 0 Å². The van der Waals surface area contributed by atoms with Gasteiger partial charge in [0.25, 0.3) is 0 Å². The third-order valence-electron chi connectivity index (χ3n) is 3.23. The molecule has 0 saturated carbocycles. The predicted molar refractivity (Wildman–Crippen MR) is 78.7 cm³/mol. The third kappa shape index (κ3) is 3.56. The molecule has 7 nitrogen and oxygen atoms in total. The first-order chi connectivity index (χ1) is 9.41. The maximum atomic E-state index is 11.6. The summed E-state index contributed by atoms with van der Waals surface area (Å²) in [6, 6.07) is 0.197. The van der Waals surface area contributed by atoms with Gasteiger partial charge in [0.2, 0.25) is 5.95 Å². The van der Waals surface area contributed by atoms with Crippen molar-refractivity contribution in [2.75, 3.05) is 28.3 Å².